The molecule has 4 heteroatoms. The Kier molecular flexibility index (Phi) is 2.35. The van der Waals surface area contributed by atoms with E-state index in [0.29, 0.717) is 12.0 Å². The maximum Gasteiger partial charge on any atom is 0.185 e. The molecule has 1 aromatic heterocycles. The molecule has 14 heavy (non-hydrogen) atoms. The van der Waals surface area contributed by atoms with Gasteiger partial charge in [0.1, 0.15) is 12.9 Å². The zero-order valence-electron chi connectivity index (χ0n) is 7.95. The zero-order valence-corrected chi connectivity index (χ0v) is 7.95. The lowest BCUT2D eigenvalue weighted by Gasteiger charge is -2.10. The first-order valence-electron chi connectivity index (χ1n) is 4.53. The molecule has 0 bridgehead atoms. The van der Waals surface area contributed by atoms with Crippen LogP contribution in [0.2, 0.25) is 0 Å². The molecule has 1 aromatic rings. The fraction of sp³-hybridized carbons (Fsp3) is 0.400. The summed E-state index contributed by atoms with van der Waals surface area (Å²) in [6.07, 6.45) is 3.44. The number of hydrogen-bond acceptors (Lipinski definition) is 4. The molecule has 4 nitrogen and oxygen atoms in total. The number of aldehydes is 1. The molecule has 0 aliphatic heterocycles. The normalized spacial score (nSPS) is 17.9. The van der Waals surface area contributed by atoms with Crippen LogP contribution in [0.4, 0.5) is 0 Å². The molecule has 0 saturated heterocycles. The van der Waals surface area contributed by atoms with E-state index in [2.05, 4.69) is 5.16 Å². The Balaban J connectivity index is 2.43. The average Bonchev–Trinajstić information content (AvgIpc) is 2.62. The number of rotatable bonds is 2. The highest BCUT2D eigenvalue weighted by Gasteiger charge is 2.20. The Hall–Kier alpha value is -1.58. The van der Waals surface area contributed by atoms with Gasteiger partial charge in [0.25, 0.3) is 0 Å². The number of hydrogen-bond donors (Lipinski definition) is 0. The first-order valence-corrected chi connectivity index (χ1v) is 4.53. The largest absolute Gasteiger partial charge is 0.458 e. The SMILES string of the molecule is CO/N=C1/CCCc2oc(C=O)cc21. The van der Waals surface area contributed by atoms with Crippen LogP contribution in [-0.4, -0.2) is 19.1 Å². The monoisotopic (exact) mass is 193 g/mol. The number of carbonyl (C=O) groups excluding carboxylic acids is 1. The zero-order chi connectivity index (χ0) is 9.97. The minimum absolute atomic E-state index is 0.362. The molecule has 0 unspecified atom stereocenters. The summed E-state index contributed by atoms with van der Waals surface area (Å²) in [5, 5.41) is 3.91. The van der Waals surface area contributed by atoms with Crippen LogP contribution in [-0.2, 0) is 11.3 Å². The predicted octanol–water partition coefficient (Wildman–Crippen LogP) is 1.78. The maximum absolute atomic E-state index is 10.5. The van der Waals surface area contributed by atoms with E-state index in [1.807, 2.05) is 0 Å². The summed E-state index contributed by atoms with van der Waals surface area (Å²) in [7, 11) is 1.52. The van der Waals surface area contributed by atoms with E-state index in [-0.39, 0.29) is 0 Å². The highest BCUT2D eigenvalue weighted by Crippen LogP contribution is 2.24. The van der Waals surface area contributed by atoms with Gasteiger partial charge in [0.2, 0.25) is 0 Å². The van der Waals surface area contributed by atoms with Gasteiger partial charge in [0, 0.05) is 12.0 Å². The molecule has 0 spiro atoms. The van der Waals surface area contributed by atoms with Gasteiger partial charge >= 0.3 is 0 Å². The summed E-state index contributed by atoms with van der Waals surface area (Å²) in [5.74, 6) is 1.20. The number of fused-ring (bicyclic) bond motifs is 1. The van der Waals surface area contributed by atoms with Gasteiger partial charge in [-0.25, -0.2) is 0 Å². The second-order valence-corrected chi connectivity index (χ2v) is 3.18. The van der Waals surface area contributed by atoms with Crippen molar-refractivity contribution in [3.05, 3.63) is 23.2 Å². The van der Waals surface area contributed by atoms with Gasteiger partial charge in [0.15, 0.2) is 12.0 Å². The van der Waals surface area contributed by atoms with E-state index >= 15 is 0 Å². The highest BCUT2D eigenvalue weighted by atomic mass is 16.6. The first kappa shape index (κ1) is 8.99. The fourth-order valence-corrected chi connectivity index (χ4v) is 1.69. The molecule has 1 aliphatic carbocycles. The molecule has 0 fully saturated rings. The Morgan fingerprint density at radius 2 is 2.43 bits per heavy atom. The van der Waals surface area contributed by atoms with E-state index in [0.717, 1.165) is 36.3 Å². The predicted molar refractivity (Wildman–Crippen MR) is 50.6 cm³/mol. The van der Waals surface area contributed by atoms with Crippen LogP contribution in [0.5, 0.6) is 0 Å². The molecule has 1 heterocycles. The van der Waals surface area contributed by atoms with Gasteiger partial charge in [-0.2, -0.15) is 0 Å². The van der Waals surface area contributed by atoms with E-state index < -0.39 is 0 Å². The lowest BCUT2D eigenvalue weighted by molar-refractivity contribution is 0.109. The smallest absolute Gasteiger partial charge is 0.185 e. The molecular formula is C10H11NO3. The number of nitrogens with zero attached hydrogens (tertiary/aromatic N) is 1. The Labute approximate surface area is 81.5 Å². The van der Waals surface area contributed by atoms with Crippen LogP contribution in [0, 0.1) is 0 Å². The summed E-state index contributed by atoms with van der Waals surface area (Å²) in [6.45, 7) is 0. The molecule has 0 amide bonds. The van der Waals surface area contributed by atoms with Crippen molar-refractivity contribution in [1.82, 2.24) is 0 Å². The first-order chi connectivity index (χ1) is 6.85. The molecule has 1 aliphatic rings. The van der Waals surface area contributed by atoms with Crippen molar-refractivity contribution in [2.75, 3.05) is 7.11 Å². The summed E-state index contributed by atoms with van der Waals surface area (Å²) in [4.78, 5) is 15.3. The maximum atomic E-state index is 10.5. The summed E-state index contributed by atoms with van der Waals surface area (Å²) in [6, 6.07) is 1.72. The molecular weight excluding hydrogens is 182 g/mol. The lowest BCUT2D eigenvalue weighted by Crippen LogP contribution is -2.09. The minimum atomic E-state index is 0.362. The minimum Gasteiger partial charge on any atom is -0.458 e. The quantitative estimate of drug-likeness (QED) is 0.531. The van der Waals surface area contributed by atoms with Gasteiger partial charge in [-0.15, -0.1) is 0 Å². The van der Waals surface area contributed by atoms with Crippen molar-refractivity contribution in [2.24, 2.45) is 5.16 Å². The van der Waals surface area contributed by atoms with Crippen molar-refractivity contribution in [3.63, 3.8) is 0 Å². The van der Waals surface area contributed by atoms with E-state index in [1.165, 1.54) is 7.11 Å². The summed E-state index contributed by atoms with van der Waals surface area (Å²) >= 11 is 0. The third-order valence-corrected chi connectivity index (χ3v) is 2.27. The number of furan rings is 1. The number of oxime groups is 1. The van der Waals surface area contributed by atoms with Crippen LogP contribution >= 0.6 is 0 Å². The van der Waals surface area contributed by atoms with Gasteiger partial charge in [-0.05, 0) is 18.9 Å². The van der Waals surface area contributed by atoms with E-state index in [1.54, 1.807) is 6.07 Å². The van der Waals surface area contributed by atoms with Crippen LogP contribution in [0.25, 0.3) is 0 Å². The van der Waals surface area contributed by atoms with Crippen molar-refractivity contribution in [1.29, 1.82) is 0 Å². The lowest BCUT2D eigenvalue weighted by atomic mass is 9.96. The van der Waals surface area contributed by atoms with Crippen LogP contribution in [0.1, 0.15) is 34.7 Å². The fourth-order valence-electron chi connectivity index (χ4n) is 1.69. The Morgan fingerprint density at radius 1 is 1.57 bits per heavy atom. The molecule has 0 saturated carbocycles. The number of carbonyl (C=O) groups is 1. The standard InChI is InChI=1S/C10H11NO3/c1-13-11-9-3-2-4-10-8(9)5-7(6-12)14-10/h5-6H,2-4H2,1H3/b11-9-. The van der Waals surface area contributed by atoms with E-state index in [9.17, 15) is 4.79 Å². The third kappa shape index (κ3) is 1.43. The molecule has 0 atom stereocenters. The highest BCUT2D eigenvalue weighted by molar-refractivity contribution is 6.02. The van der Waals surface area contributed by atoms with Gasteiger partial charge in [0.05, 0.1) is 5.71 Å². The van der Waals surface area contributed by atoms with Crippen molar-refractivity contribution in [2.45, 2.75) is 19.3 Å². The van der Waals surface area contributed by atoms with Gasteiger partial charge in [-0.1, -0.05) is 5.16 Å². The topological polar surface area (TPSA) is 51.8 Å². The third-order valence-electron chi connectivity index (χ3n) is 2.27. The van der Waals surface area contributed by atoms with Crippen molar-refractivity contribution < 1.29 is 14.0 Å². The van der Waals surface area contributed by atoms with Gasteiger partial charge in [-0.3, -0.25) is 4.79 Å². The number of aryl methyl sites for hydroxylation is 1. The van der Waals surface area contributed by atoms with Crippen LogP contribution in [0.3, 0.4) is 0 Å². The molecule has 2 rings (SSSR count). The van der Waals surface area contributed by atoms with Crippen molar-refractivity contribution in [3.8, 4) is 0 Å². The second-order valence-electron chi connectivity index (χ2n) is 3.18. The van der Waals surface area contributed by atoms with Crippen LogP contribution in [0.15, 0.2) is 15.6 Å². The molecule has 74 valence electrons. The second kappa shape index (κ2) is 3.65. The van der Waals surface area contributed by atoms with Gasteiger partial charge < -0.3 is 9.25 Å². The average molecular weight is 193 g/mol. The molecule has 0 N–H and O–H groups in total. The summed E-state index contributed by atoms with van der Waals surface area (Å²) in [5.41, 5.74) is 1.78. The Morgan fingerprint density at radius 3 is 3.14 bits per heavy atom. The Bertz CT molecular complexity index is 379. The van der Waals surface area contributed by atoms with Crippen LogP contribution < -0.4 is 0 Å². The molecule has 0 radical (unpaired) electrons. The molecule has 0 aromatic carbocycles. The van der Waals surface area contributed by atoms with E-state index in [4.69, 9.17) is 9.25 Å². The van der Waals surface area contributed by atoms with Crippen molar-refractivity contribution >= 4 is 12.0 Å². The summed E-state index contributed by atoms with van der Waals surface area (Å²) < 4.78 is 5.33.